The molecule has 25 heavy (non-hydrogen) atoms. The van der Waals surface area contributed by atoms with Crippen molar-refractivity contribution in [2.24, 2.45) is 7.05 Å². The third-order valence-corrected chi connectivity index (χ3v) is 4.81. The molecule has 1 aromatic carbocycles. The van der Waals surface area contributed by atoms with Crippen LogP contribution in [0.25, 0.3) is 0 Å². The van der Waals surface area contributed by atoms with Gasteiger partial charge in [-0.25, -0.2) is 4.79 Å². The molecular weight excluding hydrogens is 344 g/mol. The number of Topliss-reactive ketones (excluding diaryl/α,β-unsaturated/α-hetero) is 1. The van der Waals surface area contributed by atoms with Gasteiger partial charge in [-0.15, -0.1) is 11.8 Å². The van der Waals surface area contributed by atoms with Crippen LogP contribution < -0.4 is 0 Å². The number of carbonyl (C=O) groups excluding carboxylic acids is 2. The van der Waals surface area contributed by atoms with E-state index in [1.165, 1.54) is 23.9 Å². The number of nitro benzene ring substituents is 1. The number of rotatable bonds is 6. The fourth-order valence-corrected chi connectivity index (χ4v) is 2.94. The third-order valence-electron chi connectivity index (χ3n) is 4.02. The van der Waals surface area contributed by atoms with Crippen LogP contribution in [0.3, 0.4) is 0 Å². The Labute approximate surface area is 149 Å². The highest BCUT2D eigenvalue weighted by atomic mass is 32.2. The van der Waals surface area contributed by atoms with Crippen LogP contribution in [0.2, 0.25) is 0 Å². The molecule has 0 aliphatic carbocycles. The van der Waals surface area contributed by atoms with Crippen molar-refractivity contribution in [3.63, 3.8) is 0 Å². The predicted molar refractivity (Wildman–Crippen MR) is 94.4 cm³/mol. The number of hydrogen-bond donors (Lipinski definition) is 0. The van der Waals surface area contributed by atoms with Crippen LogP contribution in [-0.2, 0) is 11.8 Å². The first-order valence-corrected chi connectivity index (χ1v) is 8.64. The number of nitro groups is 1. The van der Waals surface area contributed by atoms with Gasteiger partial charge in [0.1, 0.15) is 0 Å². The minimum Gasteiger partial charge on any atom is -0.454 e. The Morgan fingerprint density at radius 1 is 1.28 bits per heavy atom. The summed E-state index contributed by atoms with van der Waals surface area (Å²) in [5.74, 6) is -1.08. The lowest BCUT2D eigenvalue weighted by Gasteiger charge is -2.06. The van der Waals surface area contributed by atoms with Gasteiger partial charge in [-0.05, 0) is 38.3 Å². The van der Waals surface area contributed by atoms with Crippen molar-refractivity contribution >= 4 is 29.2 Å². The number of aryl methyl sites for hydroxylation is 1. The van der Waals surface area contributed by atoms with Gasteiger partial charge < -0.3 is 9.30 Å². The minimum atomic E-state index is -0.769. The molecule has 0 atom stereocenters. The van der Waals surface area contributed by atoms with Crippen molar-refractivity contribution in [3.05, 3.63) is 56.9 Å². The molecule has 1 aromatic heterocycles. The molecular formula is C17H18N2O5S. The van der Waals surface area contributed by atoms with Gasteiger partial charge in [0.2, 0.25) is 5.78 Å². The lowest BCUT2D eigenvalue weighted by atomic mass is 10.1. The van der Waals surface area contributed by atoms with Gasteiger partial charge in [-0.3, -0.25) is 14.9 Å². The molecule has 0 radical (unpaired) electrons. The Morgan fingerprint density at radius 2 is 1.96 bits per heavy atom. The molecule has 132 valence electrons. The SMILES string of the molecule is CSc1ccc(C(=O)OCC(=O)c2cc(C)n(C)c2C)cc1[N+](=O)[O-]. The lowest BCUT2D eigenvalue weighted by molar-refractivity contribution is -0.387. The van der Waals surface area contributed by atoms with Gasteiger partial charge in [0.05, 0.1) is 15.4 Å². The third kappa shape index (κ3) is 3.90. The summed E-state index contributed by atoms with van der Waals surface area (Å²) < 4.78 is 6.90. The topological polar surface area (TPSA) is 91.4 Å². The van der Waals surface area contributed by atoms with Gasteiger partial charge in [0.25, 0.3) is 5.69 Å². The van der Waals surface area contributed by atoms with E-state index in [9.17, 15) is 19.7 Å². The van der Waals surface area contributed by atoms with Gasteiger partial charge in [0, 0.05) is 30.1 Å². The van der Waals surface area contributed by atoms with Crippen molar-refractivity contribution < 1.29 is 19.2 Å². The van der Waals surface area contributed by atoms with Gasteiger partial charge in [0.15, 0.2) is 6.61 Å². The molecule has 0 saturated carbocycles. The van der Waals surface area contributed by atoms with Crippen molar-refractivity contribution in [2.75, 3.05) is 12.9 Å². The molecule has 0 bridgehead atoms. The van der Waals surface area contributed by atoms with Crippen LogP contribution >= 0.6 is 11.8 Å². The van der Waals surface area contributed by atoms with E-state index in [2.05, 4.69) is 0 Å². The number of nitrogens with zero attached hydrogens (tertiary/aromatic N) is 2. The number of esters is 1. The summed E-state index contributed by atoms with van der Waals surface area (Å²) in [4.78, 5) is 35.3. The summed E-state index contributed by atoms with van der Waals surface area (Å²) in [7, 11) is 1.85. The molecule has 0 spiro atoms. The monoisotopic (exact) mass is 362 g/mol. The van der Waals surface area contributed by atoms with Gasteiger partial charge >= 0.3 is 5.97 Å². The van der Waals surface area contributed by atoms with Crippen LogP contribution in [0.15, 0.2) is 29.2 Å². The average molecular weight is 362 g/mol. The summed E-state index contributed by atoms with van der Waals surface area (Å²) in [5.41, 5.74) is 2.09. The molecule has 0 unspecified atom stereocenters. The van der Waals surface area contributed by atoms with E-state index in [0.29, 0.717) is 10.5 Å². The number of ketones is 1. The van der Waals surface area contributed by atoms with Crippen molar-refractivity contribution in [1.29, 1.82) is 0 Å². The highest BCUT2D eigenvalue weighted by molar-refractivity contribution is 7.98. The largest absolute Gasteiger partial charge is 0.454 e. The molecule has 2 aromatic rings. The second-order valence-corrected chi connectivity index (χ2v) is 6.33. The fraction of sp³-hybridized carbons (Fsp3) is 0.294. The maximum atomic E-state index is 12.2. The average Bonchev–Trinajstić information content (AvgIpc) is 2.86. The second-order valence-electron chi connectivity index (χ2n) is 5.49. The van der Waals surface area contributed by atoms with E-state index in [4.69, 9.17) is 4.74 Å². The normalized spacial score (nSPS) is 10.6. The van der Waals surface area contributed by atoms with Gasteiger partial charge in [-0.2, -0.15) is 0 Å². The summed E-state index contributed by atoms with van der Waals surface area (Å²) in [6.07, 6.45) is 1.71. The van der Waals surface area contributed by atoms with E-state index >= 15 is 0 Å². The standard InChI is InChI=1S/C17H18N2O5S/c1-10-7-13(11(2)18(10)3)15(20)9-24-17(21)12-5-6-16(25-4)14(8-12)19(22)23/h5-8H,9H2,1-4H3. The first-order chi connectivity index (χ1) is 11.8. The molecule has 8 heteroatoms. The number of ether oxygens (including phenoxy) is 1. The summed E-state index contributed by atoms with van der Waals surface area (Å²) in [6.45, 7) is 3.27. The van der Waals surface area contributed by atoms with Crippen LogP contribution in [0.4, 0.5) is 5.69 Å². The second kappa shape index (κ2) is 7.52. The number of benzene rings is 1. The maximum Gasteiger partial charge on any atom is 0.338 e. The highest BCUT2D eigenvalue weighted by Gasteiger charge is 2.20. The Morgan fingerprint density at radius 3 is 2.48 bits per heavy atom. The van der Waals surface area contributed by atoms with E-state index in [1.807, 2.05) is 25.5 Å². The first kappa shape index (κ1) is 18.7. The van der Waals surface area contributed by atoms with Crippen LogP contribution in [0.5, 0.6) is 0 Å². The molecule has 7 nitrogen and oxygen atoms in total. The Hall–Kier alpha value is -2.61. The van der Waals surface area contributed by atoms with E-state index in [0.717, 1.165) is 17.5 Å². The number of thioether (sulfide) groups is 1. The number of aromatic nitrogens is 1. The Bertz CT molecular complexity index is 857. The van der Waals surface area contributed by atoms with Crippen molar-refractivity contribution in [3.8, 4) is 0 Å². The Kier molecular flexibility index (Phi) is 5.63. The van der Waals surface area contributed by atoms with Crippen molar-refractivity contribution in [2.45, 2.75) is 18.7 Å². The highest BCUT2D eigenvalue weighted by Crippen LogP contribution is 2.28. The summed E-state index contributed by atoms with van der Waals surface area (Å²) in [5, 5.41) is 11.1. The first-order valence-electron chi connectivity index (χ1n) is 7.42. The minimum absolute atomic E-state index is 0.0401. The molecule has 0 saturated heterocycles. The number of hydrogen-bond acceptors (Lipinski definition) is 6. The predicted octanol–water partition coefficient (Wildman–Crippen LogP) is 3.31. The molecule has 2 rings (SSSR count). The Balaban J connectivity index is 2.12. The molecule has 0 amide bonds. The summed E-state index contributed by atoms with van der Waals surface area (Å²) >= 11 is 1.21. The zero-order chi connectivity index (χ0) is 18.7. The summed E-state index contributed by atoms with van der Waals surface area (Å²) in [6, 6.07) is 5.84. The molecule has 1 heterocycles. The van der Waals surface area contributed by atoms with Crippen LogP contribution in [-0.4, -0.2) is 34.1 Å². The quantitative estimate of drug-likeness (QED) is 0.257. The smallest absolute Gasteiger partial charge is 0.338 e. The molecule has 0 aliphatic rings. The fourth-order valence-electron chi connectivity index (χ4n) is 2.39. The molecule has 0 N–H and O–H groups in total. The van der Waals surface area contributed by atoms with E-state index in [1.54, 1.807) is 12.3 Å². The zero-order valence-corrected chi connectivity index (χ0v) is 15.2. The van der Waals surface area contributed by atoms with E-state index in [-0.39, 0.29) is 17.0 Å². The zero-order valence-electron chi connectivity index (χ0n) is 14.4. The molecule has 0 fully saturated rings. The van der Waals surface area contributed by atoms with Gasteiger partial charge in [-0.1, -0.05) is 0 Å². The lowest BCUT2D eigenvalue weighted by Crippen LogP contribution is -2.15. The maximum absolute atomic E-state index is 12.2. The number of carbonyl (C=O) groups is 2. The van der Waals surface area contributed by atoms with Crippen LogP contribution in [0.1, 0.15) is 32.1 Å². The molecule has 0 aliphatic heterocycles. The van der Waals surface area contributed by atoms with Crippen LogP contribution in [0, 0.1) is 24.0 Å². The van der Waals surface area contributed by atoms with Crippen molar-refractivity contribution in [1.82, 2.24) is 4.57 Å². The van der Waals surface area contributed by atoms with E-state index < -0.39 is 17.5 Å².